The van der Waals surface area contributed by atoms with Crippen molar-refractivity contribution in [1.82, 2.24) is 25.7 Å². The smallest absolute Gasteiger partial charge is 0.407 e. The Morgan fingerprint density at radius 1 is 0.829 bits per heavy atom. The molecule has 0 bridgehead atoms. The molecule has 0 fully saturated rings. The zero-order valence-electron chi connectivity index (χ0n) is 21.0. The summed E-state index contributed by atoms with van der Waals surface area (Å²) in [5.41, 5.74) is 2.37. The second-order valence-corrected chi connectivity index (χ2v) is 10.3. The van der Waals surface area contributed by atoms with E-state index < -0.39 is 11.5 Å². The zero-order chi connectivity index (χ0) is 25.6. The summed E-state index contributed by atoms with van der Waals surface area (Å²) in [6, 6.07) is 14.8. The summed E-state index contributed by atoms with van der Waals surface area (Å²) < 4.78 is 5.36. The van der Waals surface area contributed by atoms with Crippen LogP contribution >= 0.6 is 0 Å². The highest BCUT2D eigenvalue weighted by Crippen LogP contribution is 2.21. The number of alkyl carbamates (subject to hydrolysis) is 1. The third-order valence-corrected chi connectivity index (χ3v) is 4.91. The van der Waals surface area contributed by atoms with E-state index in [1.807, 2.05) is 77.9 Å². The maximum Gasteiger partial charge on any atom is 0.407 e. The molecule has 0 unspecified atom stereocenters. The lowest BCUT2D eigenvalue weighted by Crippen LogP contribution is -2.40. The van der Waals surface area contributed by atoms with Crippen LogP contribution in [0.3, 0.4) is 0 Å². The summed E-state index contributed by atoms with van der Waals surface area (Å²) in [7, 11) is 0. The summed E-state index contributed by atoms with van der Waals surface area (Å²) in [5, 5.41) is 22.5. The molecular formula is C26H32N6O3. The molecule has 9 nitrogen and oxygen atoms in total. The van der Waals surface area contributed by atoms with Crippen LogP contribution in [0.25, 0.3) is 11.4 Å². The van der Waals surface area contributed by atoms with Crippen LogP contribution in [-0.4, -0.2) is 37.9 Å². The molecule has 35 heavy (non-hydrogen) atoms. The molecule has 9 heteroatoms. The normalized spacial score (nSPS) is 11.6. The minimum Gasteiger partial charge on any atom is -0.445 e. The van der Waals surface area contributed by atoms with Gasteiger partial charge in [-0.3, -0.25) is 4.79 Å². The number of ether oxygens (including phenoxy) is 1. The molecule has 1 heterocycles. The molecule has 1 aromatic heterocycles. The first kappa shape index (κ1) is 25.7. The van der Waals surface area contributed by atoms with Crippen LogP contribution in [0.2, 0.25) is 0 Å². The fraction of sp³-hybridized carbons (Fsp3) is 0.385. The average Bonchev–Trinajstić information content (AvgIpc) is 2.78. The lowest BCUT2D eigenvalue weighted by atomic mass is 9.95. The fourth-order valence-corrected chi connectivity index (χ4v) is 2.98. The maximum atomic E-state index is 12.1. The predicted molar refractivity (Wildman–Crippen MR) is 133 cm³/mol. The molecule has 0 aliphatic heterocycles. The van der Waals surface area contributed by atoms with E-state index >= 15 is 0 Å². The number of nitrogens with zero attached hydrogens (tertiary/aromatic N) is 4. The monoisotopic (exact) mass is 476 g/mol. The second kappa shape index (κ2) is 10.6. The quantitative estimate of drug-likeness (QED) is 0.536. The minimum absolute atomic E-state index is 0.0605. The number of anilines is 1. The highest BCUT2D eigenvalue weighted by atomic mass is 16.5. The molecule has 0 aliphatic rings. The first-order valence-corrected chi connectivity index (χ1v) is 11.4. The van der Waals surface area contributed by atoms with Gasteiger partial charge in [0.2, 0.25) is 11.7 Å². The van der Waals surface area contributed by atoms with Crippen LogP contribution in [0.5, 0.6) is 0 Å². The van der Waals surface area contributed by atoms with Crippen LogP contribution in [0, 0.1) is 5.41 Å². The van der Waals surface area contributed by atoms with Crippen molar-refractivity contribution in [2.24, 2.45) is 5.41 Å². The minimum atomic E-state index is -0.477. The number of rotatable bonds is 6. The SMILES string of the molecule is CC(C)(C)NC(=O)OCc1ccccc1Cc1nnc(-c2ccc(NC(=O)C(C)(C)C)cc2)nn1. The van der Waals surface area contributed by atoms with E-state index in [4.69, 9.17) is 4.74 Å². The highest BCUT2D eigenvalue weighted by molar-refractivity contribution is 5.94. The number of nitrogens with one attached hydrogen (secondary N) is 2. The van der Waals surface area contributed by atoms with Gasteiger partial charge in [-0.05, 0) is 56.2 Å². The Labute approximate surface area is 205 Å². The van der Waals surface area contributed by atoms with Gasteiger partial charge in [-0.25, -0.2) is 4.79 Å². The number of hydrogen-bond donors (Lipinski definition) is 2. The van der Waals surface area contributed by atoms with Gasteiger partial charge >= 0.3 is 6.09 Å². The number of benzene rings is 2. The Morgan fingerprint density at radius 3 is 2.00 bits per heavy atom. The number of hydrogen-bond acceptors (Lipinski definition) is 7. The van der Waals surface area contributed by atoms with Crippen LogP contribution in [0.15, 0.2) is 48.5 Å². The molecule has 2 N–H and O–H groups in total. The Hall–Kier alpha value is -3.88. The third kappa shape index (κ3) is 7.84. The van der Waals surface area contributed by atoms with Gasteiger partial charge in [-0.2, -0.15) is 0 Å². The van der Waals surface area contributed by atoms with Crippen molar-refractivity contribution in [2.45, 2.75) is 60.1 Å². The van der Waals surface area contributed by atoms with Crippen molar-refractivity contribution in [3.8, 4) is 11.4 Å². The molecule has 0 radical (unpaired) electrons. The van der Waals surface area contributed by atoms with Crippen molar-refractivity contribution in [3.05, 3.63) is 65.5 Å². The molecule has 2 aromatic carbocycles. The molecule has 0 aliphatic carbocycles. The summed E-state index contributed by atoms with van der Waals surface area (Å²) in [4.78, 5) is 24.1. The van der Waals surface area contributed by atoms with E-state index in [9.17, 15) is 9.59 Å². The summed E-state index contributed by atoms with van der Waals surface area (Å²) >= 11 is 0. The number of aromatic nitrogens is 4. The first-order valence-electron chi connectivity index (χ1n) is 11.4. The van der Waals surface area contributed by atoms with Crippen molar-refractivity contribution in [2.75, 3.05) is 5.32 Å². The molecule has 2 amide bonds. The molecular weight excluding hydrogens is 444 g/mol. The predicted octanol–water partition coefficient (Wildman–Crippen LogP) is 4.53. The molecule has 3 aromatic rings. The maximum absolute atomic E-state index is 12.1. The van der Waals surface area contributed by atoms with Crippen molar-refractivity contribution in [1.29, 1.82) is 0 Å². The van der Waals surface area contributed by atoms with E-state index in [-0.39, 0.29) is 18.1 Å². The second-order valence-electron chi connectivity index (χ2n) is 10.3. The van der Waals surface area contributed by atoms with Gasteiger partial charge in [0, 0.05) is 28.6 Å². The van der Waals surface area contributed by atoms with E-state index in [2.05, 4.69) is 31.0 Å². The van der Waals surface area contributed by atoms with E-state index in [0.29, 0.717) is 23.8 Å². The largest absolute Gasteiger partial charge is 0.445 e. The Kier molecular flexibility index (Phi) is 7.78. The van der Waals surface area contributed by atoms with Gasteiger partial charge in [-0.1, -0.05) is 45.0 Å². The van der Waals surface area contributed by atoms with Gasteiger partial charge < -0.3 is 15.4 Å². The average molecular weight is 477 g/mol. The van der Waals surface area contributed by atoms with E-state index in [0.717, 1.165) is 16.7 Å². The highest BCUT2D eigenvalue weighted by Gasteiger charge is 2.21. The summed E-state index contributed by atoms with van der Waals surface area (Å²) in [6.07, 6.45) is -0.0707. The Balaban J connectivity index is 1.64. The number of carbonyl (C=O) groups excluding carboxylic acids is 2. The van der Waals surface area contributed by atoms with Gasteiger partial charge in [0.25, 0.3) is 0 Å². The fourth-order valence-electron chi connectivity index (χ4n) is 2.98. The summed E-state index contributed by atoms with van der Waals surface area (Å²) in [6.45, 7) is 11.4. The molecule has 0 spiro atoms. The van der Waals surface area contributed by atoms with Crippen molar-refractivity contribution >= 4 is 17.7 Å². The lowest BCUT2D eigenvalue weighted by Gasteiger charge is -2.20. The van der Waals surface area contributed by atoms with E-state index in [1.165, 1.54) is 0 Å². The molecule has 0 saturated heterocycles. The molecule has 0 saturated carbocycles. The van der Waals surface area contributed by atoms with Crippen molar-refractivity contribution in [3.63, 3.8) is 0 Å². The summed E-state index contributed by atoms with van der Waals surface area (Å²) in [5.74, 6) is 0.780. The number of amides is 2. The Morgan fingerprint density at radius 2 is 1.43 bits per heavy atom. The van der Waals surface area contributed by atoms with E-state index in [1.54, 1.807) is 12.1 Å². The van der Waals surface area contributed by atoms with Gasteiger partial charge in [-0.15, -0.1) is 20.4 Å². The van der Waals surface area contributed by atoms with Crippen LogP contribution < -0.4 is 10.6 Å². The lowest BCUT2D eigenvalue weighted by molar-refractivity contribution is -0.123. The number of carbonyl (C=O) groups is 2. The molecule has 184 valence electrons. The first-order chi connectivity index (χ1) is 16.4. The molecule has 0 atom stereocenters. The van der Waals surface area contributed by atoms with Gasteiger partial charge in [0.15, 0.2) is 5.82 Å². The molecule has 3 rings (SSSR count). The standard InChI is InChI=1S/C26H32N6O3/c1-25(2,3)23(33)27-20-13-11-17(12-14-20)22-31-29-21(30-32-22)15-18-9-7-8-10-19(18)16-35-24(34)28-26(4,5)6/h7-14H,15-16H2,1-6H3,(H,27,33)(H,28,34). The van der Waals surface area contributed by atoms with Crippen LogP contribution in [-0.2, 0) is 22.6 Å². The zero-order valence-corrected chi connectivity index (χ0v) is 21.0. The van der Waals surface area contributed by atoms with Crippen LogP contribution in [0.4, 0.5) is 10.5 Å². The Bertz CT molecular complexity index is 1160. The topological polar surface area (TPSA) is 119 Å². The van der Waals surface area contributed by atoms with Gasteiger partial charge in [0.1, 0.15) is 6.61 Å². The van der Waals surface area contributed by atoms with Gasteiger partial charge in [0.05, 0.1) is 0 Å². The van der Waals surface area contributed by atoms with Crippen LogP contribution in [0.1, 0.15) is 58.5 Å². The third-order valence-electron chi connectivity index (χ3n) is 4.91. The van der Waals surface area contributed by atoms with Crippen molar-refractivity contribution < 1.29 is 14.3 Å².